The fourth-order valence-corrected chi connectivity index (χ4v) is 2.06. The monoisotopic (exact) mass is 332 g/mol. The zero-order chi connectivity index (χ0) is 17.1. The highest BCUT2D eigenvalue weighted by Gasteiger charge is 2.51. The molecule has 0 spiro atoms. The van der Waals surface area contributed by atoms with Crippen molar-refractivity contribution >= 4 is 0 Å². The lowest BCUT2D eigenvalue weighted by Gasteiger charge is -2.29. The molecule has 0 saturated carbocycles. The van der Waals surface area contributed by atoms with Crippen molar-refractivity contribution in [2.75, 3.05) is 0 Å². The lowest BCUT2D eigenvalue weighted by molar-refractivity contribution is -0.209. The third kappa shape index (κ3) is 9.08. The molecule has 0 aliphatic rings. The molecule has 0 amide bonds. The molecule has 0 saturated heterocycles. The summed E-state index contributed by atoms with van der Waals surface area (Å²) in [5, 5.41) is 0. The van der Waals surface area contributed by atoms with Gasteiger partial charge in [-0.15, -0.1) is 0 Å². The van der Waals surface area contributed by atoms with Gasteiger partial charge in [-0.3, -0.25) is 0 Å². The maximum atomic E-state index is 13.4. The van der Waals surface area contributed by atoms with Crippen LogP contribution in [0.1, 0.15) is 46.0 Å². The van der Waals surface area contributed by atoms with Crippen LogP contribution in [-0.2, 0) is 0 Å². The molecule has 0 nitrogen and oxygen atoms in total. The average molecular weight is 332 g/mol. The third-order valence-corrected chi connectivity index (χ3v) is 2.73. The Morgan fingerprint density at radius 1 is 0.762 bits per heavy atom. The molecule has 0 rings (SSSR count). The van der Waals surface area contributed by atoms with E-state index in [0.29, 0.717) is 0 Å². The summed E-state index contributed by atoms with van der Waals surface area (Å²) in [6.07, 6.45) is -11.9. The van der Waals surface area contributed by atoms with Crippen molar-refractivity contribution in [1.82, 2.24) is 0 Å². The first-order valence-electron chi connectivity index (χ1n) is 6.28. The summed E-state index contributed by atoms with van der Waals surface area (Å²) >= 11 is 0. The molecule has 0 aliphatic heterocycles. The number of halogens is 9. The molecule has 1 atom stereocenters. The highest BCUT2D eigenvalue weighted by atomic mass is 19.4. The molecule has 0 aromatic rings. The Balaban J connectivity index is 4.88. The summed E-state index contributed by atoms with van der Waals surface area (Å²) in [6.45, 7) is 1.47. The molecular weight excluding hydrogens is 315 g/mol. The number of hydrogen-bond acceptors (Lipinski definition) is 0. The zero-order valence-corrected chi connectivity index (χ0v) is 11.5. The number of alkyl halides is 9. The maximum absolute atomic E-state index is 13.4. The largest absolute Gasteiger partial charge is 0.392 e. The molecule has 0 aliphatic carbocycles. The van der Waals surface area contributed by atoms with E-state index in [-0.39, 0.29) is 13.3 Å². The van der Waals surface area contributed by atoms with E-state index in [4.69, 9.17) is 0 Å². The van der Waals surface area contributed by atoms with Crippen LogP contribution in [0.3, 0.4) is 0 Å². The van der Waals surface area contributed by atoms with Crippen molar-refractivity contribution in [1.29, 1.82) is 0 Å². The topological polar surface area (TPSA) is 0 Å². The second-order valence-electron chi connectivity index (χ2n) is 5.37. The van der Waals surface area contributed by atoms with Gasteiger partial charge < -0.3 is 0 Å². The fraction of sp³-hybridized carbons (Fsp3) is 1.00. The Morgan fingerprint density at radius 2 is 1.24 bits per heavy atom. The predicted octanol–water partition coefficient (Wildman–Crippen LogP) is 6.06. The summed E-state index contributed by atoms with van der Waals surface area (Å²) in [4.78, 5) is 0. The Morgan fingerprint density at radius 3 is 1.57 bits per heavy atom. The van der Waals surface area contributed by atoms with E-state index in [1.54, 1.807) is 0 Å². The zero-order valence-electron chi connectivity index (χ0n) is 11.5. The summed E-state index contributed by atoms with van der Waals surface area (Å²) in [5.41, 5.74) is 0. The Bertz CT molecular complexity index is 314. The molecule has 0 bridgehead atoms. The minimum Gasteiger partial charge on any atom is -0.207 e. The molecule has 1 unspecified atom stereocenters. The van der Waals surface area contributed by atoms with Gasteiger partial charge in [0.25, 0.3) is 17.8 Å². The van der Waals surface area contributed by atoms with Crippen LogP contribution in [0.2, 0.25) is 0 Å². The Hall–Kier alpha value is -0.630. The molecular formula is C12H17F9. The first-order chi connectivity index (χ1) is 9.08. The van der Waals surface area contributed by atoms with Gasteiger partial charge in [0.05, 0.1) is 18.8 Å². The maximum Gasteiger partial charge on any atom is 0.392 e. The minimum atomic E-state index is -4.94. The Kier molecular flexibility index (Phi) is 6.44. The van der Waals surface area contributed by atoms with Crippen LogP contribution < -0.4 is 0 Å². The second-order valence-corrected chi connectivity index (χ2v) is 5.37. The second kappa shape index (κ2) is 6.64. The van der Waals surface area contributed by atoms with Gasteiger partial charge >= 0.3 is 6.18 Å². The van der Waals surface area contributed by atoms with Crippen molar-refractivity contribution in [3.63, 3.8) is 0 Å². The lowest BCUT2D eigenvalue weighted by atomic mass is 9.91. The number of hydrogen-bond donors (Lipinski definition) is 0. The molecule has 0 radical (unpaired) electrons. The minimum absolute atomic E-state index is 0.0519. The van der Waals surface area contributed by atoms with Gasteiger partial charge in [-0.2, -0.15) is 13.2 Å². The number of rotatable bonds is 8. The van der Waals surface area contributed by atoms with Gasteiger partial charge in [0.2, 0.25) is 0 Å². The smallest absolute Gasteiger partial charge is 0.207 e. The average Bonchev–Trinajstić information content (AvgIpc) is 2.08. The summed E-state index contributed by atoms with van der Waals surface area (Å²) < 4.78 is 115. The van der Waals surface area contributed by atoms with Crippen molar-refractivity contribution in [3.8, 4) is 0 Å². The van der Waals surface area contributed by atoms with Crippen LogP contribution >= 0.6 is 0 Å². The normalized spacial score (nSPS) is 16.1. The van der Waals surface area contributed by atoms with E-state index in [1.165, 1.54) is 6.92 Å². The highest BCUT2D eigenvalue weighted by molar-refractivity contribution is 4.84. The van der Waals surface area contributed by atoms with Crippen LogP contribution in [0.25, 0.3) is 0 Å². The van der Waals surface area contributed by atoms with Crippen molar-refractivity contribution in [2.45, 2.75) is 69.9 Å². The molecule has 9 heteroatoms. The van der Waals surface area contributed by atoms with Gasteiger partial charge in [-0.25, -0.2) is 26.3 Å². The van der Waals surface area contributed by atoms with Gasteiger partial charge in [0.1, 0.15) is 0 Å². The van der Waals surface area contributed by atoms with Gasteiger partial charge in [0.15, 0.2) is 0 Å². The quantitative estimate of drug-likeness (QED) is 0.474. The first-order valence-corrected chi connectivity index (χ1v) is 6.28. The summed E-state index contributed by atoms with van der Waals surface area (Å²) in [6, 6.07) is 0. The van der Waals surface area contributed by atoms with E-state index in [9.17, 15) is 39.5 Å². The molecule has 0 heterocycles. The van der Waals surface area contributed by atoms with Crippen LogP contribution in [-0.4, -0.2) is 23.9 Å². The molecule has 0 aromatic heterocycles. The molecule has 21 heavy (non-hydrogen) atoms. The molecule has 128 valence electrons. The standard InChI is InChI=1S/C12H17F9/c1-3-4-8(12(19,20)21)5-10(15,16)7-11(17,18)6-9(2,13)14/h8H,3-7H2,1-2H3. The van der Waals surface area contributed by atoms with E-state index < -0.39 is 55.5 Å². The van der Waals surface area contributed by atoms with E-state index in [0.717, 1.165) is 0 Å². The van der Waals surface area contributed by atoms with E-state index in [2.05, 4.69) is 0 Å². The van der Waals surface area contributed by atoms with E-state index >= 15 is 0 Å². The SMILES string of the molecule is CCCC(CC(F)(F)CC(F)(F)CC(C)(F)F)C(F)(F)F. The van der Waals surface area contributed by atoms with Crippen LogP contribution in [0.15, 0.2) is 0 Å². The summed E-state index contributed by atoms with van der Waals surface area (Å²) in [5.74, 6) is -15.1. The van der Waals surface area contributed by atoms with Crippen molar-refractivity contribution in [2.24, 2.45) is 5.92 Å². The fourth-order valence-electron chi connectivity index (χ4n) is 2.06. The summed E-state index contributed by atoms with van der Waals surface area (Å²) in [7, 11) is 0. The van der Waals surface area contributed by atoms with Crippen LogP contribution in [0, 0.1) is 5.92 Å². The van der Waals surface area contributed by atoms with E-state index in [1.807, 2.05) is 0 Å². The van der Waals surface area contributed by atoms with Gasteiger partial charge in [-0.05, 0) is 13.3 Å². The third-order valence-electron chi connectivity index (χ3n) is 2.73. The van der Waals surface area contributed by atoms with Crippen LogP contribution in [0.5, 0.6) is 0 Å². The molecule has 0 aromatic carbocycles. The van der Waals surface area contributed by atoms with Gasteiger partial charge in [0, 0.05) is 6.42 Å². The predicted molar refractivity (Wildman–Crippen MR) is 58.8 cm³/mol. The first kappa shape index (κ1) is 20.4. The Labute approximate surface area is 116 Å². The molecule has 0 fully saturated rings. The van der Waals surface area contributed by atoms with Crippen LogP contribution in [0.4, 0.5) is 39.5 Å². The highest BCUT2D eigenvalue weighted by Crippen LogP contribution is 2.44. The van der Waals surface area contributed by atoms with Gasteiger partial charge in [-0.1, -0.05) is 13.3 Å². The molecule has 0 N–H and O–H groups in total. The van der Waals surface area contributed by atoms with Crippen molar-refractivity contribution in [3.05, 3.63) is 0 Å². The lowest BCUT2D eigenvalue weighted by Crippen LogP contribution is -2.37. The van der Waals surface area contributed by atoms with Crippen molar-refractivity contribution < 1.29 is 39.5 Å².